The van der Waals surface area contributed by atoms with Gasteiger partial charge in [0.05, 0.1) is 5.75 Å². The Morgan fingerprint density at radius 1 is 0.903 bits per heavy atom. The molecule has 0 aromatic heterocycles. The SMILES string of the molecule is Cc1cccc(CCS(=O)(=O)NC(C)C(Cc2ccc(Cl)cc2)c2ccccc2)c1C. The van der Waals surface area contributed by atoms with Gasteiger partial charge in [-0.15, -0.1) is 0 Å². The molecule has 0 fully saturated rings. The van der Waals surface area contributed by atoms with Crippen molar-refractivity contribution in [3.63, 3.8) is 0 Å². The molecule has 0 aliphatic heterocycles. The number of rotatable bonds is 9. The molecule has 3 aromatic rings. The predicted octanol–water partition coefficient (Wildman–Crippen LogP) is 5.83. The second-order valence-electron chi connectivity index (χ2n) is 8.18. The molecule has 0 aliphatic rings. The van der Waals surface area contributed by atoms with E-state index in [0.717, 1.165) is 28.7 Å². The zero-order valence-corrected chi connectivity index (χ0v) is 19.9. The first-order chi connectivity index (χ1) is 14.7. The normalized spacial score (nSPS) is 13.7. The van der Waals surface area contributed by atoms with Gasteiger partial charge in [0.15, 0.2) is 0 Å². The Morgan fingerprint density at radius 3 is 2.26 bits per heavy atom. The lowest BCUT2D eigenvalue weighted by Gasteiger charge is -2.26. The average molecular weight is 456 g/mol. The monoisotopic (exact) mass is 455 g/mol. The largest absolute Gasteiger partial charge is 0.212 e. The van der Waals surface area contributed by atoms with Gasteiger partial charge in [0.25, 0.3) is 0 Å². The smallest absolute Gasteiger partial charge is 0.212 e. The Bertz CT molecular complexity index is 1100. The molecule has 0 bridgehead atoms. The van der Waals surface area contributed by atoms with Gasteiger partial charge < -0.3 is 0 Å². The predicted molar refractivity (Wildman–Crippen MR) is 130 cm³/mol. The Hall–Kier alpha value is -2.14. The summed E-state index contributed by atoms with van der Waals surface area (Å²) in [4.78, 5) is 0. The summed E-state index contributed by atoms with van der Waals surface area (Å²) in [6.07, 6.45) is 1.23. The number of halogens is 1. The molecule has 3 rings (SSSR count). The summed E-state index contributed by atoms with van der Waals surface area (Å²) in [5, 5.41) is 0.695. The van der Waals surface area contributed by atoms with E-state index in [4.69, 9.17) is 11.6 Å². The van der Waals surface area contributed by atoms with Crippen molar-refractivity contribution in [3.05, 3.63) is 106 Å². The number of hydrogen-bond acceptors (Lipinski definition) is 2. The van der Waals surface area contributed by atoms with Crippen molar-refractivity contribution in [2.24, 2.45) is 0 Å². The fraction of sp³-hybridized carbons (Fsp3) is 0.308. The molecule has 5 heteroatoms. The van der Waals surface area contributed by atoms with Gasteiger partial charge in [-0.05, 0) is 73.6 Å². The van der Waals surface area contributed by atoms with Crippen molar-refractivity contribution in [1.82, 2.24) is 4.72 Å². The highest BCUT2D eigenvalue weighted by molar-refractivity contribution is 7.89. The fourth-order valence-corrected chi connectivity index (χ4v) is 5.37. The average Bonchev–Trinajstić information content (AvgIpc) is 2.74. The maximum atomic E-state index is 12.9. The third kappa shape index (κ3) is 6.67. The summed E-state index contributed by atoms with van der Waals surface area (Å²) in [5.74, 6) is 0.0854. The van der Waals surface area contributed by atoms with E-state index in [1.807, 2.05) is 68.4 Å². The van der Waals surface area contributed by atoms with E-state index in [0.29, 0.717) is 11.4 Å². The van der Waals surface area contributed by atoms with Crippen LogP contribution in [0.4, 0.5) is 0 Å². The first-order valence-corrected chi connectivity index (χ1v) is 12.6. The summed E-state index contributed by atoms with van der Waals surface area (Å²) < 4.78 is 28.8. The van der Waals surface area contributed by atoms with Gasteiger partial charge in [0.2, 0.25) is 10.0 Å². The van der Waals surface area contributed by atoms with E-state index < -0.39 is 10.0 Å². The second kappa shape index (κ2) is 10.4. The van der Waals surface area contributed by atoms with Gasteiger partial charge >= 0.3 is 0 Å². The van der Waals surface area contributed by atoms with Crippen molar-refractivity contribution in [2.75, 3.05) is 5.75 Å². The van der Waals surface area contributed by atoms with Crippen molar-refractivity contribution < 1.29 is 8.42 Å². The molecule has 0 amide bonds. The van der Waals surface area contributed by atoms with Crippen LogP contribution in [-0.2, 0) is 22.9 Å². The maximum Gasteiger partial charge on any atom is 0.212 e. The summed E-state index contributed by atoms with van der Waals surface area (Å²) in [7, 11) is -3.43. The summed E-state index contributed by atoms with van der Waals surface area (Å²) in [5.41, 5.74) is 5.67. The van der Waals surface area contributed by atoms with Gasteiger partial charge in [-0.25, -0.2) is 13.1 Å². The van der Waals surface area contributed by atoms with Crippen molar-refractivity contribution in [1.29, 1.82) is 0 Å². The Balaban J connectivity index is 1.74. The highest BCUT2D eigenvalue weighted by atomic mass is 35.5. The molecule has 0 heterocycles. The Labute approximate surface area is 191 Å². The van der Waals surface area contributed by atoms with Gasteiger partial charge in [-0.1, -0.05) is 72.3 Å². The summed E-state index contributed by atoms with van der Waals surface area (Å²) >= 11 is 6.03. The molecule has 2 unspecified atom stereocenters. The summed E-state index contributed by atoms with van der Waals surface area (Å²) in [6.45, 7) is 6.04. The molecule has 3 nitrogen and oxygen atoms in total. The third-order valence-electron chi connectivity index (χ3n) is 5.92. The van der Waals surface area contributed by atoms with Crippen LogP contribution in [0, 0.1) is 13.8 Å². The van der Waals surface area contributed by atoms with Gasteiger partial charge in [-0.2, -0.15) is 0 Å². The molecule has 2 atom stereocenters. The maximum absolute atomic E-state index is 12.9. The Morgan fingerprint density at radius 2 is 1.58 bits per heavy atom. The van der Waals surface area contributed by atoms with Crippen molar-refractivity contribution in [2.45, 2.75) is 45.6 Å². The first-order valence-electron chi connectivity index (χ1n) is 10.6. The molecular weight excluding hydrogens is 426 g/mol. The first kappa shape index (κ1) is 23.5. The van der Waals surface area contributed by atoms with Crippen LogP contribution in [0.5, 0.6) is 0 Å². The lowest BCUT2D eigenvalue weighted by molar-refractivity contribution is 0.503. The van der Waals surface area contributed by atoms with E-state index in [-0.39, 0.29) is 17.7 Å². The number of benzene rings is 3. The van der Waals surface area contributed by atoms with E-state index in [2.05, 4.69) is 29.8 Å². The number of aryl methyl sites for hydroxylation is 2. The van der Waals surface area contributed by atoms with Crippen LogP contribution in [0.2, 0.25) is 5.02 Å². The minimum absolute atomic E-state index is 0.0119. The molecular formula is C26H30ClNO2S. The molecule has 0 radical (unpaired) electrons. The number of sulfonamides is 1. The minimum atomic E-state index is -3.43. The van der Waals surface area contributed by atoms with E-state index in [1.54, 1.807) is 0 Å². The molecule has 3 aromatic carbocycles. The zero-order valence-electron chi connectivity index (χ0n) is 18.3. The van der Waals surface area contributed by atoms with Crippen LogP contribution in [0.1, 0.15) is 40.7 Å². The molecule has 0 spiro atoms. The van der Waals surface area contributed by atoms with Crippen LogP contribution >= 0.6 is 11.6 Å². The molecule has 31 heavy (non-hydrogen) atoms. The van der Waals surface area contributed by atoms with E-state index in [9.17, 15) is 8.42 Å². The van der Waals surface area contributed by atoms with Gasteiger partial charge in [-0.3, -0.25) is 0 Å². The topological polar surface area (TPSA) is 46.2 Å². The van der Waals surface area contributed by atoms with E-state index >= 15 is 0 Å². The molecule has 0 aliphatic carbocycles. The number of hydrogen-bond donors (Lipinski definition) is 1. The lowest BCUT2D eigenvalue weighted by Crippen LogP contribution is -2.39. The molecule has 164 valence electrons. The van der Waals surface area contributed by atoms with Crippen LogP contribution in [0.25, 0.3) is 0 Å². The van der Waals surface area contributed by atoms with Crippen LogP contribution < -0.4 is 4.72 Å². The van der Waals surface area contributed by atoms with E-state index in [1.165, 1.54) is 5.56 Å². The fourth-order valence-electron chi connectivity index (χ4n) is 3.91. The number of nitrogens with one attached hydrogen (secondary N) is 1. The van der Waals surface area contributed by atoms with Gasteiger partial charge in [0.1, 0.15) is 0 Å². The highest BCUT2D eigenvalue weighted by Crippen LogP contribution is 2.26. The standard InChI is InChI=1S/C26H30ClNO2S/c1-19-8-7-11-23(20(19)2)16-17-31(29,30)28-21(3)26(24-9-5-4-6-10-24)18-22-12-14-25(27)15-13-22/h4-15,21,26,28H,16-18H2,1-3H3. The van der Waals surface area contributed by atoms with Crippen LogP contribution in [0.3, 0.4) is 0 Å². The third-order valence-corrected chi connectivity index (χ3v) is 7.65. The minimum Gasteiger partial charge on any atom is -0.212 e. The Kier molecular flexibility index (Phi) is 7.93. The quantitative estimate of drug-likeness (QED) is 0.441. The second-order valence-corrected chi connectivity index (χ2v) is 10.5. The molecule has 0 saturated carbocycles. The molecule has 0 saturated heterocycles. The summed E-state index contributed by atoms with van der Waals surface area (Å²) in [6, 6.07) is 23.6. The van der Waals surface area contributed by atoms with Gasteiger partial charge in [0, 0.05) is 17.0 Å². The van der Waals surface area contributed by atoms with Crippen LogP contribution in [0.15, 0.2) is 72.8 Å². The zero-order chi connectivity index (χ0) is 22.4. The molecule has 1 N–H and O–H groups in total. The van der Waals surface area contributed by atoms with Crippen molar-refractivity contribution in [3.8, 4) is 0 Å². The van der Waals surface area contributed by atoms with Crippen LogP contribution in [-0.4, -0.2) is 20.2 Å². The lowest BCUT2D eigenvalue weighted by atomic mass is 9.87. The van der Waals surface area contributed by atoms with Crippen molar-refractivity contribution >= 4 is 21.6 Å². The highest BCUT2D eigenvalue weighted by Gasteiger charge is 2.24.